The van der Waals surface area contributed by atoms with E-state index in [-0.39, 0.29) is 18.2 Å². The second-order valence-corrected chi connectivity index (χ2v) is 6.97. The summed E-state index contributed by atoms with van der Waals surface area (Å²) in [6.07, 6.45) is 5.88. The molecule has 1 amide bonds. The van der Waals surface area contributed by atoms with Gasteiger partial charge >= 0.3 is 12.1 Å². The van der Waals surface area contributed by atoms with Gasteiger partial charge in [0.25, 0.3) is 0 Å². The third-order valence-electron chi connectivity index (χ3n) is 3.63. The zero-order valence-electron chi connectivity index (χ0n) is 14.5. The summed E-state index contributed by atoms with van der Waals surface area (Å²) in [5.41, 5.74) is -0.473. The maximum Gasteiger partial charge on any atom is 0.410 e. The summed E-state index contributed by atoms with van der Waals surface area (Å²) in [4.78, 5) is 25.4. The van der Waals surface area contributed by atoms with Crippen LogP contribution < -0.4 is 0 Å². The third-order valence-corrected chi connectivity index (χ3v) is 3.63. The van der Waals surface area contributed by atoms with Crippen molar-refractivity contribution < 1.29 is 19.1 Å². The normalized spacial score (nSPS) is 16.5. The number of hydrogen-bond acceptors (Lipinski definition) is 4. The summed E-state index contributed by atoms with van der Waals surface area (Å²) in [6.45, 7) is 8.90. The Morgan fingerprint density at radius 3 is 2.27 bits per heavy atom. The standard InChI is InChI=1S/C17H31NO4/c1-5-6-7-8-9-15(19)21-14-10-12-18(13-11-14)16(20)22-17(2,3)4/h14H,5-13H2,1-4H3. The predicted octanol–water partition coefficient (Wildman–Crippen LogP) is 3.90. The van der Waals surface area contributed by atoms with Gasteiger partial charge in [0.15, 0.2) is 0 Å². The number of amides is 1. The summed E-state index contributed by atoms with van der Waals surface area (Å²) in [5, 5.41) is 0. The van der Waals surface area contributed by atoms with Crippen LogP contribution in [-0.4, -0.2) is 41.8 Å². The molecule has 0 aromatic heterocycles. The number of unbranched alkanes of at least 4 members (excludes halogenated alkanes) is 3. The van der Waals surface area contributed by atoms with Crippen molar-refractivity contribution in [1.29, 1.82) is 0 Å². The summed E-state index contributed by atoms with van der Waals surface area (Å²) >= 11 is 0. The average Bonchev–Trinajstić information content (AvgIpc) is 2.42. The van der Waals surface area contributed by atoms with Gasteiger partial charge in [0.1, 0.15) is 11.7 Å². The molecule has 0 bridgehead atoms. The van der Waals surface area contributed by atoms with Gasteiger partial charge in [-0.15, -0.1) is 0 Å². The van der Waals surface area contributed by atoms with Crippen molar-refractivity contribution in [2.75, 3.05) is 13.1 Å². The van der Waals surface area contributed by atoms with E-state index in [4.69, 9.17) is 9.47 Å². The minimum absolute atomic E-state index is 0.0580. The van der Waals surface area contributed by atoms with Gasteiger partial charge in [0.05, 0.1) is 0 Å². The number of carbonyl (C=O) groups excluding carboxylic acids is 2. The van der Waals surface area contributed by atoms with E-state index in [1.54, 1.807) is 4.90 Å². The lowest BCUT2D eigenvalue weighted by atomic mass is 10.1. The van der Waals surface area contributed by atoms with Gasteiger partial charge in [0.2, 0.25) is 0 Å². The van der Waals surface area contributed by atoms with Crippen molar-refractivity contribution in [3.05, 3.63) is 0 Å². The van der Waals surface area contributed by atoms with Crippen LogP contribution in [0.2, 0.25) is 0 Å². The monoisotopic (exact) mass is 313 g/mol. The maximum absolute atomic E-state index is 11.9. The highest BCUT2D eigenvalue weighted by Crippen LogP contribution is 2.18. The fraction of sp³-hybridized carbons (Fsp3) is 0.882. The molecule has 0 radical (unpaired) electrons. The van der Waals surface area contributed by atoms with Crippen molar-refractivity contribution in [1.82, 2.24) is 4.90 Å². The molecule has 1 saturated heterocycles. The van der Waals surface area contributed by atoms with Gasteiger partial charge in [-0.05, 0) is 27.2 Å². The molecule has 0 atom stereocenters. The first-order valence-electron chi connectivity index (χ1n) is 8.49. The lowest BCUT2D eigenvalue weighted by Gasteiger charge is -2.33. The number of likely N-dealkylation sites (tertiary alicyclic amines) is 1. The van der Waals surface area contributed by atoms with Crippen molar-refractivity contribution in [3.8, 4) is 0 Å². The van der Waals surface area contributed by atoms with Crippen LogP contribution in [0.5, 0.6) is 0 Å². The van der Waals surface area contributed by atoms with Crippen LogP contribution in [0.25, 0.3) is 0 Å². The van der Waals surface area contributed by atoms with Gasteiger partial charge < -0.3 is 14.4 Å². The first kappa shape index (κ1) is 18.8. The number of ether oxygens (including phenoxy) is 2. The summed E-state index contributed by atoms with van der Waals surface area (Å²) < 4.78 is 10.8. The molecule has 128 valence electrons. The van der Waals surface area contributed by atoms with Crippen LogP contribution in [0.1, 0.15) is 72.6 Å². The van der Waals surface area contributed by atoms with Crippen LogP contribution in [0.3, 0.4) is 0 Å². The maximum atomic E-state index is 11.9. The summed E-state index contributed by atoms with van der Waals surface area (Å²) in [7, 11) is 0. The highest BCUT2D eigenvalue weighted by molar-refractivity contribution is 5.70. The summed E-state index contributed by atoms with van der Waals surface area (Å²) in [5.74, 6) is -0.105. The van der Waals surface area contributed by atoms with Crippen molar-refractivity contribution >= 4 is 12.1 Å². The van der Waals surface area contributed by atoms with Crippen LogP contribution >= 0.6 is 0 Å². The Kier molecular flexibility index (Phi) is 7.69. The van der Waals surface area contributed by atoms with Crippen LogP contribution in [0.15, 0.2) is 0 Å². The minimum atomic E-state index is -0.473. The van der Waals surface area contributed by atoms with Gasteiger partial charge in [-0.2, -0.15) is 0 Å². The smallest absolute Gasteiger partial charge is 0.410 e. The minimum Gasteiger partial charge on any atom is -0.462 e. The second kappa shape index (κ2) is 9.01. The Balaban J connectivity index is 2.22. The molecule has 1 aliphatic heterocycles. The lowest BCUT2D eigenvalue weighted by Crippen LogP contribution is -2.43. The predicted molar refractivity (Wildman–Crippen MR) is 85.7 cm³/mol. The molecule has 0 spiro atoms. The summed E-state index contributed by atoms with van der Waals surface area (Å²) in [6, 6.07) is 0. The molecular formula is C17H31NO4. The molecule has 1 aliphatic rings. The average molecular weight is 313 g/mol. The molecule has 1 heterocycles. The quantitative estimate of drug-likeness (QED) is 0.551. The molecule has 0 saturated carbocycles. The first-order valence-corrected chi connectivity index (χ1v) is 8.49. The molecule has 5 heteroatoms. The Hall–Kier alpha value is -1.26. The van der Waals surface area contributed by atoms with Gasteiger partial charge in [-0.25, -0.2) is 4.79 Å². The van der Waals surface area contributed by atoms with E-state index in [1.807, 2.05) is 20.8 Å². The van der Waals surface area contributed by atoms with Crippen molar-refractivity contribution in [3.63, 3.8) is 0 Å². The molecule has 1 rings (SSSR count). The highest BCUT2D eigenvalue weighted by atomic mass is 16.6. The van der Waals surface area contributed by atoms with Gasteiger partial charge in [-0.3, -0.25) is 4.79 Å². The Morgan fingerprint density at radius 1 is 1.09 bits per heavy atom. The fourth-order valence-electron chi connectivity index (χ4n) is 2.42. The van der Waals surface area contributed by atoms with E-state index in [0.717, 1.165) is 19.3 Å². The molecule has 0 aromatic carbocycles. The number of rotatable bonds is 6. The topological polar surface area (TPSA) is 55.8 Å². The molecule has 22 heavy (non-hydrogen) atoms. The largest absolute Gasteiger partial charge is 0.462 e. The van der Waals surface area contributed by atoms with Gasteiger partial charge in [0, 0.05) is 32.4 Å². The highest BCUT2D eigenvalue weighted by Gasteiger charge is 2.28. The zero-order valence-corrected chi connectivity index (χ0v) is 14.5. The fourth-order valence-corrected chi connectivity index (χ4v) is 2.42. The third kappa shape index (κ3) is 7.66. The lowest BCUT2D eigenvalue weighted by molar-refractivity contribution is -0.151. The van der Waals surface area contributed by atoms with E-state index >= 15 is 0 Å². The van der Waals surface area contributed by atoms with E-state index in [2.05, 4.69) is 6.92 Å². The van der Waals surface area contributed by atoms with Crippen LogP contribution in [-0.2, 0) is 14.3 Å². The molecule has 0 aromatic rings. The molecule has 0 unspecified atom stereocenters. The molecule has 0 aliphatic carbocycles. The number of esters is 1. The number of hydrogen-bond donors (Lipinski definition) is 0. The Labute approximate surface area is 134 Å². The second-order valence-electron chi connectivity index (χ2n) is 6.97. The molecule has 1 fully saturated rings. The molecule has 5 nitrogen and oxygen atoms in total. The van der Waals surface area contributed by atoms with E-state index < -0.39 is 5.60 Å². The van der Waals surface area contributed by atoms with E-state index in [0.29, 0.717) is 32.4 Å². The van der Waals surface area contributed by atoms with Crippen LogP contribution in [0, 0.1) is 0 Å². The molecule has 0 N–H and O–H groups in total. The number of carbonyl (C=O) groups is 2. The Bertz CT molecular complexity index is 354. The SMILES string of the molecule is CCCCCCC(=O)OC1CCN(C(=O)OC(C)(C)C)CC1. The number of piperidine rings is 1. The molecular weight excluding hydrogens is 282 g/mol. The first-order chi connectivity index (χ1) is 10.3. The van der Waals surface area contributed by atoms with Crippen LogP contribution in [0.4, 0.5) is 4.79 Å². The van der Waals surface area contributed by atoms with Crippen molar-refractivity contribution in [2.24, 2.45) is 0 Å². The zero-order chi connectivity index (χ0) is 16.6. The van der Waals surface area contributed by atoms with E-state index in [9.17, 15) is 9.59 Å². The Morgan fingerprint density at radius 2 is 1.73 bits per heavy atom. The van der Waals surface area contributed by atoms with E-state index in [1.165, 1.54) is 6.42 Å². The number of nitrogens with zero attached hydrogens (tertiary/aromatic N) is 1. The van der Waals surface area contributed by atoms with Gasteiger partial charge in [-0.1, -0.05) is 26.2 Å². The van der Waals surface area contributed by atoms with Crippen molar-refractivity contribution in [2.45, 2.75) is 84.3 Å².